The maximum atomic E-state index is 6.26. The molecule has 118 valence electrons. The molecule has 1 aromatic heterocycles. The lowest BCUT2D eigenvalue weighted by Gasteiger charge is -2.14. The normalized spacial score (nSPS) is 11.1. The molecule has 4 rings (SSSR count). The van der Waals surface area contributed by atoms with E-state index in [1.807, 2.05) is 48.5 Å². The van der Waals surface area contributed by atoms with Crippen LogP contribution in [0.15, 0.2) is 65.1 Å². The molecular weight excluding hydrogens is 386 g/mol. The van der Waals surface area contributed by atoms with E-state index < -0.39 is 0 Å². The lowest BCUT2D eigenvalue weighted by molar-refractivity contribution is 0.413. The zero-order chi connectivity index (χ0) is 16.7. The van der Waals surface area contributed by atoms with Crippen molar-refractivity contribution in [3.05, 3.63) is 70.2 Å². The van der Waals surface area contributed by atoms with Gasteiger partial charge in [0.15, 0.2) is 0 Å². The number of methoxy groups -OCH3 is 1. The van der Waals surface area contributed by atoms with E-state index in [2.05, 4.69) is 28.1 Å². The minimum Gasteiger partial charge on any atom is -0.496 e. The van der Waals surface area contributed by atoms with Gasteiger partial charge in [0.25, 0.3) is 0 Å². The minimum absolute atomic E-state index is 0.694. The van der Waals surface area contributed by atoms with Crippen LogP contribution in [0.1, 0.15) is 0 Å². The number of ether oxygens (including phenoxy) is 1. The van der Waals surface area contributed by atoms with Gasteiger partial charge in [-0.3, -0.25) is 0 Å². The van der Waals surface area contributed by atoms with Gasteiger partial charge in [-0.05, 0) is 51.8 Å². The van der Waals surface area contributed by atoms with E-state index in [-0.39, 0.29) is 0 Å². The van der Waals surface area contributed by atoms with Crippen molar-refractivity contribution in [3.8, 4) is 16.9 Å². The van der Waals surface area contributed by atoms with E-state index in [9.17, 15) is 0 Å². The molecule has 2 nitrogen and oxygen atoms in total. The highest BCUT2D eigenvalue weighted by atomic mass is 79.9. The Morgan fingerprint density at radius 1 is 0.958 bits per heavy atom. The second-order valence-electron chi connectivity index (χ2n) is 5.49. The molecule has 0 amide bonds. The molecule has 0 aliphatic carbocycles. The van der Waals surface area contributed by atoms with Crippen LogP contribution in [-0.2, 0) is 0 Å². The zero-order valence-corrected chi connectivity index (χ0v) is 15.2. The minimum atomic E-state index is 0.694. The van der Waals surface area contributed by atoms with Gasteiger partial charge in [0.1, 0.15) is 5.75 Å². The number of rotatable bonds is 2. The summed E-state index contributed by atoms with van der Waals surface area (Å²) in [5, 5.41) is 2.74. The van der Waals surface area contributed by atoms with Gasteiger partial charge in [0.05, 0.1) is 22.6 Å². The van der Waals surface area contributed by atoms with Gasteiger partial charge in [-0.2, -0.15) is 0 Å². The molecule has 0 aliphatic heterocycles. The predicted octanol–water partition coefficient (Wildman–Crippen LogP) is 6.48. The highest BCUT2D eigenvalue weighted by molar-refractivity contribution is 9.10. The number of hydrogen-bond donors (Lipinski definition) is 0. The van der Waals surface area contributed by atoms with Crippen LogP contribution in [0.3, 0.4) is 0 Å². The van der Waals surface area contributed by atoms with Gasteiger partial charge in [-0.15, -0.1) is 0 Å². The summed E-state index contributed by atoms with van der Waals surface area (Å²) < 4.78 is 6.38. The van der Waals surface area contributed by atoms with Crippen LogP contribution in [0.25, 0.3) is 32.9 Å². The summed E-state index contributed by atoms with van der Waals surface area (Å²) in [6, 6.07) is 20.0. The van der Waals surface area contributed by atoms with E-state index in [0.29, 0.717) is 5.02 Å². The van der Waals surface area contributed by atoms with E-state index >= 15 is 0 Å². The third-order valence-electron chi connectivity index (χ3n) is 4.09. The summed E-state index contributed by atoms with van der Waals surface area (Å²) in [7, 11) is 1.67. The van der Waals surface area contributed by atoms with Crippen molar-refractivity contribution in [3.63, 3.8) is 0 Å². The van der Waals surface area contributed by atoms with Crippen LogP contribution in [0.2, 0.25) is 5.02 Å². The fourth-order valence-corrected chi connectivity index (χ4v) is 3.88. The number of hydrogen-bond acceptors (Lipinski definition) is 2. The van der Waals surface area contributed by atoms with Gasteiger partial charge in [0, 0.05) is 21.4 Å². The Kier molecular flexibility index (Phi) is 3.91. The van der Waals surface area contributed by atoms with Crippen LogP contribution in [0, 0.1) is 0 Å². The van der Waals surface area contributed by atoms with Gasteiger partial charge in [0.2, 0.25) is 0 Å². The summed E-state index contributed by atoms with van der Waals surface area (Å²) in [4.78, 5) is 4.80. The molecule has 0 saturated carbocycles. The number of nitrogens with zero attached hydrogens (tertiary/aromatic N) is 1. The fourth-order valence-electron chi connectivity index (χ4n) is 3.01. The quantitative estimate of drug-likeness (QED) is 0.360. The Morgan fingerprint density at radius 2 is 1.71 bits per heavy atom. The third-order valence-corrected chi connectivity index (χ3v) is 5.11. The molecule has 1 heterocycles. The van der Waals surface area contributed by atoms with Crippen molar-refractivity contribution >= 4 is 49.3 Å². The van der Waals surface area contributed by atoms with Gasteiger partial charge >= 0.3 is 0 Å². The summed E-state index contributed by atoms with van der Waals surface area (Å²) in [6.07, 6.45) is 0. The molecule has 4 heteroatoms. The van der Waals surface area contributed by atoms with Crippen LogP contribution < -0.4 is 4.74 Å². The molecular formula is C20H13BrClNO. The average molecular weight is 399 g/mol. The van der Waals surface area contributed by atoms with Crippen LogP contribution in [0.5, 0.6) is 5.75 Å². The molecule has 4 aromatic rings. The Bertz CT molecular complexity index is 1060. The molecule has 0 atom stereocenters. The van der Waals surface area contributed by atoms with Crippen molar-refractivity contribution in [1.29, 1.82) is 0 Å². The monoisotopic (exact) mass is 397 g/mol. The topological polar surface area (TPSA) is 22.1 Å². The Balaban J connectivity index is 2.26. The van der Waals surface area contributed by atoms with Crippen molar-refractivity contribution in [2.75, 3.05) is 7.11 Å². The molecule has 3 aromatic carbocycles. The Labute approximate surface area is 153 Å². The fraction of sp³-hybridized carbons (Fsp3) is 0.0500. The number of benzene rings is 3. The Morgan fingerprint density at radius 3 is 2.46 bits per heavy atom. The smallest absolute Gasteiger partial charge is 0.133 e. The first kappa shape index (κ1) is 15.4. The van der Waals surface area contributed by atoms with Gasteiger partial charge in [-0.1, -0.05) is 41.9 Å². The third kappa shape index (κ3) is 2.45. The highest BCUT2D eigenvalue weighted by Gasteiger charge is 2.16. The molecule has 0 unspecified atom stereocenters. The molecule has 0 fully saturated rings. The standard InChI is InChI=1S/C20H13BrClNO/c1-24-17-10-9-16-19(20(17)21)18(12-5-3-2-4-6-12)14-11-13(22)7-8-15(14)23-16/h2-11H,1H3. The molecule has 0 aliphatic rings. The first-order valence-electron chi connectivity index (χ1n) is 7.50. The van der Waals surface area contributed by atoms with Crippen LogP contribution in [-0.4, -0.2) is 12.1 Å². The second kappa shape index (κ2) is 6.08. The largest absolute Gasteiger partial charge is 0.496 e. The number of halogens is 2. The zero-order valence-electron chi connectivity index (χ0n) is 12.9. The first-order chi connectivity index (χ1) is 11.7. The van der Waals surface area contributed by atoms with Crippen LogP contribution >= 0.6 is 27.5 Å². The van der Waals surface area contributed by atoms with E-state index in [1.54, 1.807) is 7.11 Å². The van der Waals surface area contributed by atoms with Crippen molar-refractivity contribution in [1.82, 2.24) is 4.98 Å². The Hall–Kier alpha value is -2.10. The van der Waals surface area contributed by atoms with Gasteiger partial charge < -0.3 is 4.74 Å². The summed E-state index contributed by atoms with van der Waals surface area (Å²) >= 11 is 9.96. The van der Waals surface area contributed by atoms with Crippen LogP contribution in [0.4, 0.5) is 0 Å². The van der Waals surface area contributed by atoms with E-state index in [1.165, 1.54) is 0 Å². The number of fused-ring (bicyclic) bond motifs is 2. The molecule has 0 saturated heterocycles. The first-order valence-corrected chi connectivity index (χ1v) is 8.67. The molecule has 0 N–H and O–H groups in total. The van der Waals surface area contributed by atoms with Crippen molar-refractivity contribution in [2.45, 2.75) is 0 Å². The average Bonchev–Trinajstić information content (AvgIpc) is 2.61. The number of pyridine rings is 1. The van der Waals surface area contributed by atoms with Gasteiger partial charge in [-0.25, -0.2) is 4.98 Å². The summed E-state index contributed by atoms with van der Waals surface area (Å²) in [5.41, 5.74) is 4.05. The molecule has 0 radical (unpaired) electrons. The second-order valence-corrected chi connectivity index (χ2v) is 6.72. The van der Waals surface area contributed by atoms with Crippen molar-refractivity contribution in [2.24, 2.45) is 0 Å². The lowest BCUT2D eigenvalue weighted by atomic mass is 9.96. The maximum Gasteiger partial charge on any atom is 0.133 e. The van der Waals surface area contributed by atoms with E-state index in [0.717, 1.165) is 43.2 Å². The summed E-state index contributed by atoms with van der Waals surface area (Å²) in [6.45, 7) is 0. The molecule has 0 spiro atoms. The maximum absolute atomic E-state index is 6.26. The number of aromatic nitrogens is 1. The highest BCUT2D eigenvalue weighted by Crippen LogP contribution is 2.42. The lowest BCUT2D eigenvalue weighted by Crippen LogP contribution is -1.92. The van der Waals surface area contributed by atoms with Crippen molar-refractivity contribution < 1.29 is 4.74 Å². The summed E-state index contributed by atoms with van der Waals surface area (Å²) in [5.74, 6) is 0.780. The molecule has 24 heavy (non-hydrogen) atoms. The van der Waals surface area contributed by atoms with E-state index in [4.69, 9.17) is 21.3 Å². The SMILES string of the molecule is COc1ccc2nc3ccc(Cl)cc3c(-c3ccccc3)c2c1Br. The molecule has 0 bridgehead atoms. The predicted molar refractivity (Wildman–Crippen MR) is 104 cm³/mol.